The van der Waals surface area contributed by atoms with Crippen LogP contribution in [0.2, 0.25) is 0 Å². The molecule has 1 aromatic heterocycles. The Hall–Kier alpha value is -4.15. The van der Waals surface area contributed by atoms with Crippen LogP contribution < -0.4 is 5.90 Å². The number of hydrogen-bond donors (Lipinski definition) is 3. The molecule has 1 aliphatic rings. The number of nitriles is 1. The highest BCUT2D eigenvalue weighted by molar-refractivity contribution is 7.82. The number of aromatic nitrogens is 2. The van der Waals surface area contributed by atoms with Gasteiger partial charge in [0, 0.05) is 28.1 Å². The lowest BCUT2D eigenvalue weighted by molar-refractivity contribution is 0.311. The molecule has 5 nitrogen and oxygen atoms in total. The summed E-state index contributed by atoms with van der Waals surface area (Å²) >= 11 is 5.06. The third-order valence-corrected chi connectivity index (χ3v) is 10.1. The molecular weight excluding hydrogens is 573 g/mol. The zero-order valence-corrected chi connectivity index (χ0v) is 27.8. The molecule has 4 aromatic carbocycles. The van der Waals surface area contributed by atoms with Crippen molar-refractivity contribution in [3.63, 3.8) is 0 Å². The van der Waals surface area contributed by atoms with Crippen LogP contribution in [0.25, 0.3) is 39.3 Å². The summed E-state index contributed by atoms with van der Waals surface area (Å²) in [5.41, 5.74) is 11.0. The van der Waals surface area contributed by atoms with E-state index in [2.05, 4.69) is 113 Å². The predicted molar refractivity (Wildman–Crippen MR) is 188 cm³/mol. The van der Waals surface area contributed by atoms with Gasteiger partial charge in [-0.1, -0.05) is 101 Å². The van der Waals surface area contributed by atoms with Gasteiger partial charge in [0.1, 0.15) is 11.9 Å². The van der Waals surface area contributed by atoms with Crippen molar-refractivity contribution in [2.45, 2.75) is 70.0 Å². The first-order valence-electron chi connectivity index (χ1n) is 15.5. The van der Waals surface area contributed by atoms with Crippen LogP contribution in [-0.4, -0.2) is 19.5 Å². The van der Waals surface area contributed by atoms with E-state index >= 15 is 0 Å². The Morgan fingerprint density at radius 1 is 0.844 bits per heavy atom. The Kier molecular flexibility index (Phi) is 9.09. The lowest BCUT2D eigenvalue weighted by Crippen LogP contribution is -2.14. The van der Waals surface area contributed by atoms with Crippen LogP contribution in [0, 0.1) is 11.3 Å². The fourth-order valence-electron chi connectivity index (χ4n) is 6.62. The fourth-order valence-corrected chi connectivity index (χ4v) is 7.06. The molecule has 2 atom stereocenters. The molecule has 45 heavy (non-hydrogen) atoms. The van der Waals surface area contributed by atoms with Crippen molar-refractivity contribution >= 4 is 12.6 Å². The number of hydrogen-bond acceptors (Lipinski definition) is 5. The summed E-state index contributed by atoms with van der Waals surface area (Å²) in [6, 6.07) is 32.4. The van der Waals surface area contributed by atoms with E-state index in [4.69, 9.17) is 22.8 Å². The SMILES string of the molecule is CC(C)c1cccc(C(C)C)c1-c1ccc(C2(C)C[C@@]2(C)S)c(-c2nccn2-c2ccc(-c3ccccc3)cc2C#N)c1.NO. The zero-order valence-electron chi connectivity index (χ0n) is 26.9. The normalized spacial score (nSPS) is 18.8. The lowest BCUT2D eigenvalue weighted by Gasteiger charge is -2.24. The van der Waals surface area contributed by atoms with E-state index in [-0.39, 0.29) is 10.2 Å². The summed E-state index contributed by atoms with van der Waals surface area (Å²) in [6.45, 7) is 13.6. The minimum atomic E-state index is -0.102. The quantitative estimate of drug-likeness (QED) is 0.126. The van der Waals surface area contributed by atoms with Gasteiger partial charge in [-0.3, -0.25) is 4.57 Å². The third kappa shape index (κ3) is 5.84. The van der Waals surface area contributed by atoms with Crippen molar-refractivity contribution in [3.05, 3.63) is 120 Å². The average Bonchev–Trinajstić information content (AvgIpc) is 3.33. The monoisotopic (exact) mass is 614 g/mol. The second kappa shape index (κ2) is 12.7. The van der Waals surface area contributed by atoms with Gasteiger partial charge >= 0.3 is 0 Å². The highest BCUT2D eigenvalue weighted by atomic mass is 32.1. The largest absolute Gasteiger partial charge is 0.320 e. The van der Waals surface area contributed by atoms with E-state index in [0.717, 1.165) is 34.6 Å². The van der Waals surface area contributed by atoms with Crippen LogP contribution in [0.15, 0.2) is 97.3 Å². The molecule has 6 heteroatoms. The van der Waals surface area contributed by atoms with Crippen LogP contribution in [0.1, 0.15) is 82.1 Å². The summed E-state index contributed by atoms with van der Waals surface area (Å²) < 4.78 is 1.98. The van der Waals surface area contributed by atoms with Crippen molar-refractivity contribution in [3.8, 4) is 45.4 Å². The molecule has 0 aliphatic heterocycles. The molecule has 6 rings (SSSR count). The Balaban J connectivity index is 0.00000196. The van der Waals surface area contributed by atoms with Crippen molar-refractivity contribution in [2.75, 3.05) is 0 Å². The molecule has 0 bridgehead atoms. The first-order valence-corrected chi connectivity index (χ1v) is 15.9. The smallest absolute Gasteiger partial charge is 0.144 e. The van der Waals surface area contributed by atoms with E-state index in [1.54, 1.807) is 0 Å². The molecule has 0 saturated heterocycles. The molecule has 230 valence electrons. The Labute approximate surface area is 272 Å². The number of thiol groups is 1. The number of benzene rings is 4. The molecule has 1 unspecified atom stereocenters. The second-order valence-electron chi connectivity index (χ2n) is 13.0. The van der Waals surface area contributed by atoms with Gasteiger partial charge in [-0.15, -0.1) is 0 Å². The summed E-state index contributed by atoms with van der Waals surface area (Å²) in [7, 11) is 0. The van der Waals surface area contributed by atoms with E-state index in [1.807, 2.05) is 42.7 Å². The number of nitrogens with zero attached hydrogens (tertiary/aromatic N) is 3. The zero-order chi connectivity index (χ0) is 32.5. The van der Waals surface area contributed by atoms with E-state index < -0.39 is 0 Å². The van der Waals surface area contributed by atoms with E-state index in [1.165, 1.54) is 27.8 Å². The van der Waals surface area contributed by atoms with E-state index in [9.17, 15) is 5.26 Å². The second-order valence-corrected chi connectivity index (χ2v) is 14.0. The highest BCUT2D eigenvalue weighted by Gasteiger charge is 2.60. The average molecular weight is 615 g/mol. The molecule has 0 spiro atoms. The van der Waals surface area contributed by atoms with Crippen LogP contribution in [0.5, 0.6) is 0 Å². The molecule has 1 aliphatic carbocycles. The number of imidazole rings is 1. The van der Waals surface area contributed by atoms with Gasteiger partial charge in [0.15, 0.2) is 0 Å². The summed E-state index contributed by atoms with van der Waals surface area (Å²) in [4.78, 5) is 4.95. The maximum atomic E-state index is 10.3. The molecule has 0 amide bonds. The standard InChI is InChI=1S/C39H39N3S.H3NO/c1-25(2)31-13-10-14-32(26(3)4)36(31)29-15-17-34(38(5)24-39(38,6)43)33(22-29)37-41-19-20-42(37)35-18-16-28(21-30(35)23-40)27-11-8-7-9-12-27;1-2/h7-22,25-26,43H,24H2,1-6H3;2H,1H2/t38?,39-;/m1./s1. The molecule has 3 N–H and O–H groups in total. The minimum absolute atomic E-state index is 0.0889. The first kappa shape index (κ1) is 32.2. The van der Waals surface area contributed by atoms with Crippen LogP contribution in [-0.2, 0) is 5.41 Å². The van der Waals surface area contributed by atoms with Crippen LogP contribution in [0.4, 0.5) is 0 Å². The van der Waals surface area contributed by atoms with Crippen LogP contribution >= 0.6 is 12.6 Å². The predicted octanol–water partition coefficient (Wildman–Crippen LogP) is 9.68. The van der Waals surface area contributed by atoms with Gasteiger partial charge in [-0.2, -0.15) is 17.9 Å². The summed E-state index contributed by atoms with van der Waals surface area (Å²) in [6.07, 6.45) is 4.81. The Morgan fingerprint density at radius 3 is 2.04 bits per heavy atom. The van der Waals surface area contributed by atoms with Gasteiger partial charge in [-0.25, -0.2) is 10.9 Å². The molecule has 0 radical (unpaired) electrons. The number of nitrogens with two attached hydrogens (primary N) is 1. The Bertz CT molecular complexity index is 1840. The third-order valence-electron chi connectivity index (χ3n) is 9.40. The number of rotatable bonds is 7. The van der Waals surface area contributed by atoms with Gasteiger partial charge in [0.25, 0.3) is 0 Å². The van der Waals surface area contributed by atoms with Crippen molar-refractivity contribution < 1.29 is 5.21 Å². The molecule has 5 aromatic rings. The van der Waals surface area contributed by atoms with Gasteiger partial charge in [-0.05, 0) is 82.3 Å². The van der Waals surface area contributed by atoms with Gasteiger partial charge in [0.2, 0.25) is 0 Å². The van der Waals surface area contributed by atoms with E-state index in [0.29, 0.717) is 17.4 Å². The topological polar surface area (TPSA) is 87.9 Å². The fraction of sp³-hybridized carbons (Fsp3) is 0.282. The van der Waals surface area contributed by atoms with Gasteiger partial charge < -0.3 is 5.21 Å². The molecular formula is C39H42N4OS. The maximum absolute atomic E-state index is 10.3. The summed E-state index contributed by atoms with van der Waals surface area (Å²) in [5, 5.41) is 16.8. The van der Waals surface area contributed by atoms with Crippen LogP contribution in [0.3, 0.4) is 0 Å². The van der Waals surface area contributed by atoms with Crippen molar-refractivity contribution in [1.29, 1.82) is 5.26 Å². The van der Waals surface area contributed by atoms with Crippen molar-refractivity contribution in [1.82, 2.24) is 9.55 Å². The van der Waals surface area contributed by atoms with Crippen molar-refractivity contribution in [2.24, 2.45) is 5.90 Å². The first-order chi connectivity index (χ1) is 21.6. The van der Waals surface area contributed by atoms with Gasteiger partial charge in [0.05, 0.1) is 11.3 Å². The summed E-state index contributed by atoms with van der Waals surface area (Å²) in [5.74, 6) is 5.12. The maximum Gasteiger partial charge on any atom is 0.144 e. The minimum Gasteiger partial charge on any atom is -0.320 e. The molecule has 1 fully saturated rings. The highest BCUT2D eigenvalue weighted by Crippen LogP contribution is 2.63. The Morgan fingerprint density at radius 2 is 1.47 bits per heavy atom. The molecule has 1 saturated carbocycles. The lowest BCUT2D eigenvalue weighted by atomic mass is 9.82. The molecule has 1 heterocycles.